The van der Waals surface area contributed by atoms with Crippen molar-refractivity contribution < 1.29 is 19.7 Å². The maximum atomic E-state index is 9.68. The Labute approximate surface area is 92.4 Å². The number of aliphatic hydroxyl groups excluding tert-OH is 1. The molecule has 0 fully saturated rings. The Morgan fingerprint density at radius 3 is 2.56 bits per heavy atom. The van der Waals surface area contributed by atoms with Crippen LogP contribution in [0.3, 0.4) is 0 Å². The highest BCUT2D eigenvalue weighted by atomic mass is 16.3. The first kappa shape index (κ1) is 10.6. The van der Waals surface area contributed by atoms with Gasteiger partial charge in [0.1, 0.15) is 17.3 Å². The molecule has 0 aliphatic heterocycles. The van der Waals surface area contributed by atoms with Crippen LogP contribution < -0.4 is 0 Å². The molecule has 1 atom stereocenters. The summed E-state index contributed by atoms with van der Waals surface area (Å²) in [4.78, 5) is 0. The third-order valence-electron chi connectivity index (χ3n) is 2.46. The second kappa shape index (κ2) is 4.28. The van der Waals surface area contributed by atoms with E-state index in [1.807, 2.05) is 0 Å². The highest BCUT2D eigenvalue weighted by Crippen LogP contribution is 2.33. The molecule has 0 radical (unpaired) electrons. The number of benzene rings is 1. The first-order chi connectivity index (χ1) is 7.72. The molecule has 84 valence electrons. The fraction of sp³-hybridized carbons (Fsp3) is 0.167. The molecule has 2 rings (SSSR count). The molecule has 2 aromatic rings. The zero-order chi connectivity index (χ0) is 11.5. The van der Waals surface area contributed by atoms with Gasteiger partial charge in [-0.2, -0.15) is 0 Å². The summed E-state index contributed by atoms with van der Waals surface area (Å²) in [6.45, 7) is -0.175. The Morgan fingerprint density at radius 2 is 2.00 bits per heavy atom. The maximum Gasteiger partial charge on any atom is 0.123 e. The van der Waals surface area contributed by atoms with E-state index in [-0.39, 0.29) is 18.1 Å². The minimum absolute atomic E-state index is 0.0163. The van der Waals surface area contributed by atoms with Crippen LogP contribution in [0.1, 0.15) is 17.2 Å². The molecule has 0 amide bonds. The van der Waals surface area contributed by atoms with Gasteiger partial charge >= 0.3 is 0 Å². The van der Waals surface area contributed by atoms with Gasteiger partial charge < -0.3 is 19.7 Å². The third kappa shape index (κ3) is 1.87. The quantitative estimate of drug-likeness (QED) is 0.737. The molecular weight excluding hydrogens is 208 g/mol. The van der Waals surface area contributed by atoms with E-state index in [1.165, 1.54) is 18.4 Å². The van der Waals surface area contributed by atoms with Crippen molar-refractivity contribution in [2.45, 2.75) is 5.92 Å². The summed E-state index contributed by atoms with van der Waals surface area (Å²) < 4.78 is 5.19. The molecule has 1 heterocycles. The Balaban J connectivity index is 2.41. The lowest BCUT2D eigenvalue weighted by molar-refractivity contribution is 0.263. The molecule has 0 spiro atoms. The Bertz CT molecular complexity index is 462. The molecule has 1 aromatic heterocycles. The van der Waals surface area contributed by atoms with Crippen molar-refractivity contribution in [2.24, 2.45) is 0 Å². The number of hydrogen-bond donors (Lipinski definition) is 3. The molecule has 3 N–H and O–H groups in total. The zero-order valence-corrected chi connectivity index (χ0v) is 8.50. The topological polar surface area (TPSA) is 73.8 Å². The molecule has 0 bridgehead atoms. The van der Waals surface area contributed by atoms with Crippen LogP contribution >= 0.6 is 0 Å². The lowest BCUT2D eigenvalue weighted by Crippen LogP contribution is -2.05. The molecule has 0 saturated carbocycles. The highest BCUT2D eigenvalue weighted by molar-refractivity contribution is 5.43. The van der Waals surface area contributed by atoms with Gasteiger partial charge in [-0.15, -0.1) is 0 Å². The van der Waals surface area contributed by atoms with E-state index < -0.39 is 5.92 Å². The van der Waals surface area contributed by atoms with Crippen LogP contribution in [-0.2, 0) is 0 Å². The number of phenolic OH excluding ortho intramolecular Hbond substituents is 2. The summed E-state index contributed by atoms with van der Waals surface area (Å²) in [5, 5.41) is 28.2. The van der Waals surface area contributed by atoms with Gasteiger partial charge in [-0.1, -0.05) is 6.07 Å². The number of aromatic hydroxyl groups is 2. The van der Waals surface area contributed by atoms with E-state index in [2.05, 4.69) is 0 Å². The summed E-state index contributed by atoms with van der Waals surface area (Å²) >= 11 is 0. The Kier molecular flexibility index (Phi) is 2.83. The van der Waals surface area contributed by atoms with E-state index in [0.29, 0.717) is 11.3 Å². The fourth-order valence-electron chi connectivity index (χ4n) is 1.66. The predicted octanol–water partition coefficient (Wildman–Crippen LogP) is 1.81. The SMILES string of the molecule is OC[C@@H](c1ccco1)c1ccc(O)cc1O. The minimum atomic E-state index is -0.421. The number of hydrogen-bond acceptors (Lipinski definition) is 4. The number of phenols is 2. The van der Waals surface area contributed by atoms with Crippen LogP contribution in [-0.4, -0.2) is 21.9 Å². The van der Waals surface area contributed by atoms with E-state index in [1.54, 1.807) is 18.2 Å². The van der Waals surface area contributed by atoms with Gasteiger partial charge in [-0.25, -0.2) is 0 Å². The van der Waals surface area contributed by atoms with Crippen molar-refractivity contribution in [3.05, 3.63) is 47.9 Å². The van der Waals surface area contributed by atoms with E-state index in [9.17, 15) is 15.3 Å². The van der Waals surface area contributed by atoms with Crippen molar-refractivity contribution in [1.29, 1.82) is 0 Å². The van der Waals surface area contributed by atoms with Crippen LogP contribution in [0.25, 0.3) is 0 Å². The van der Waals surface area contributed by atoms with Crippen LogP contribution in [0.2, 0.25) is 0 Å². The van der Waals surface area contributed by atoms with Gasteiger partial charge in [-0.05, 0) is 18.2 Å². The van der Waals surface area contributed by atoms with Gasteiger partial charge in [0.2, 0.25) is 0 Å². The Morgan fingerprint density at radius 1 is 1.19 bits per heavy atom. The predicted molar refractivity (Wildman–Crippen MR) is 57.4 cm³/mol. The van der Waals surface area contributed by atoms with E-state index in [4.69, 9.17) is 4.42 Å². The van der Waals surface area contributed by atoms with E-state index >= 15 is 0 Å². The fourth-order valence-corrected chi connectivity index (χ4v) is 1.66. The average molecular weight is 220 g/mol. The molecular formula is C12H12O4. The number of aliphatic hydroxyl groups is 1. The molecule has 0 aliphatic carbocycles. The monoisotopic (exact) mass is 220 g/mol. The van der Waals surface area contributed by atoms with Crippen LogP contribution in [0.5, 0.6) is 11.5 Å². The first-order valence-electron chi connectivity index (χ1n) is 4.88. The summed E-state index contributed by atoms with van der Waals surface area (Å²) in [6, 6.07) is 7.71. The molecule has 0 aliphatic rings. The molecule has 16 heavy (non-hydrogen) atoms. The summed E-state index contributed by atoms with van der Waals surface area (Å²) in [5.41, 5.74) is 0.523. The maximum absolute atomic E-state index is 9.68. The summed E-state index contributed by atoms with van der Waals surface area (Å²) in [6.07, 6.45) is 1.51. The Hall–Kier alpha value is -1.94. The molecule has 1 aromatic carbocycles. The van der Waals surface area contributed by atoms with Gasteiger partial charge in [0, 0.05) is 11.6 Å². The first-order valence-corrected chi connectivity index (χ1v) is 4.88. The van der Waals surface area contributed by atoms with Crippen molar-refractivity contribution in [3.63, 3.8) is 0 Å². The van der Waals surface area contributed by atoms with Gasteiger partial charge in [0.15, 0.2) is 0 Å². The standard InChI is InChI=1S/C12H12O4/c13-7-10(12-2-1-5-16-12)9-4-3-8(14)6-11(9)15/h1-6,10,13-15H,7H2/t10-/m1/s1. The van der Waals surface area contributed by atoms with Crippen molar-refractivity contribution in [3.8, 4) is 11.5 Å². The van der Waals surface area contributed by atoms with Gasteiger partial charge in [0.05, 0.1) is 18.8 Å². The van der Waals surface area contributed by atoms with Crippen molar-refractivity contribution in [1.82, 2.24) is 0 Å². The molecule has 4 heteroatoms. The lowest BCUT2D eigenvalue weighted by atomic mass is 9.96. The van der Waals surface area contributed by atoms with Crippen LogP contribution in [0.4, 0.5) is 0 Å². The second-order valence-corrected chi connectivity index (χ2v) is 3.49. The summed E-state index contributed by atoms with van der Waals surface area (Å²) in [7, 11) is 0. The third-order valence-corrected chi connectivity index (χ3v) is 2.46. The molecule has 0 unspecified atom stereocenters. The second-order valence-electron chi connectivity index (χ2n) is 3.49. The smallest absolute Gasteiger partial charge is 0.123 e. The van der Waals surface area contributed by atoms with Crippen LogP contribution in [0.15, 0.2) is 41.0 Å². The van der Waals surface area contributed by atoms with Crippen molar-refractivity contribution in [2.75, 3.05) is 6.61 Å². The normalized spacial score (nSPS) is 12.6. The minimum Gasteiger partial charge on any atom is -0.508 e. The van der Waals surface area contributed by atoms with Gasteiger partial charge in [0.25, 0.3) is 0 Å². The lowest BCUT2D eigenvalue weighted by Gasteiger charge is -2.13. The largest absolute Gasteiger partial charge is 0.508 e. The average Bonchev–Trinajstić information content (AvgIpc) is 2.75. The zero-order valence-electron chi connectivity index (χ0n) is 8.50. The van der Waals surface area contributed by atoms with E-state index in [0.717, 1.165) is 0 Å². The number of furan rings is 1. The number of rotatable bonds is 3. The highest BCUT2D eigenvalue weighted by Gasteiger charge is 2.19. The van der Waals surface area contributed by atoms with Crippen molar-refractivity contribution >= 4 is 0 Å². The summed E-state index contributed by atoms with van der Waals surface area (Å²) in [5.74, 6) is 0.0759. The molecule has 4 nitrogen and oxygen atoms in total. The molecule has 0 saturated heterocycles. The van der Waals surface area contributed by atoms with Crippen LogP contribution in [0, 0.1) is 0 Å². The van der Waals surface area contributed by atoms with Gasteiger partial charge in [-0.3, -0.25) is 0 Å².